The summed E-state index contributed by atoms with van der Waals surface area (Å²) in [5, 5.41) is 8.06. The van der Waals surface area contributed by atoms with Gasteiger partial charge in [-0.05, 0) is 24.8 Å². The molecule has 1 aliphatic carbocycles. The lowest BCUT2D eigenvalue weighted by molar-refractivity contribution is 0.0939. The molecule has 2 rings (SSSR count). The molecule has 2 unspecified atom stereocenters. The predicted molar refractivity (Wildman–Crippen MR) is 75.7 cm³/mol. The van der Waals surface area contributed by atoms with Crippen LogP contribution in [0.25, 0.3) is 0 Å². The molecule has 0 bridgehead atoms. The number of aromatic nitrogens is 1. The van der Waals surface area contributed by atoms with Gasteiger partial charge in [0.2, 0.25) is 10.0 Å². The number of sulfonamides is 1. The molecule has 0 radical (unpaired) electrons. The van der Waals surface area contributed by atoms with Crippen LogP contribution in [0.5, 0.6) is 0 Å². The van der Waals surface area contributed by atoms with Crippen LogP contribution in [-0.2, 0) is 16.6 Å². The highest BCUT2D eigenvalue weighted by Gasteiger charge is 2.37. The number of amides is 1. The molecule has 20 heavy (non-hydrogen) atoms. The number of hydrogen-bond acceptors (Lipinski definition) is 3. The molecule has 1 amide bonds. The number of hydrogen-bond donors (Lipinski definition) is 2. The quantitative estimate of drug-likeness (QED) is 0.822. The highest BCUT2D eigenvalue weighted by Crippen LogP contribution is 2.33. The van der Waals surface area contributed by atoms with Crippen LogP contribution in [0.3, 0.4) is 0 Å². The van der Waals surface area contributed by atoms with Gasteiger partial charge in [-0.2, -0.15) is 0 Å². The van der Waals surface area contributed by atoms with Gasteiger partial charge in [0.25, 0.3) is 5.91 Å². The number of primary sulfonamides is 1. The summed E-state index contributed by atoms with van der Waals surface area (Å²) in [6.45, 7) is 4.64. The Balaban J connectivity index is 2.20. The SMILES string of the molecule is CCCn1cc(S(N)(=O)=O)cc1C(=O)NC1CC1CC. The third kappa shape index (κ3) is 3.21. The third-order valence-electron chi connectivity index (χ3n) is 3.66. The summed E-state index contributed by atoms with van der Waals surface area (Å²) >= 11 is 0. The van der Waals surface area contributed by atoms with E-state index in [1.165, 1.54) is 12.3 Å². The Bertz CT molecular complexity index is 606. The zero-order valence-corrected chi connectivity index (χ0v) is 12.6. The fourth-order valence-electron chi connectivity index (χ4n) is 2.37. The number of aryl methyl sites for hydroxylation is 1. The largest absolute Gasteiger partial charge is 0.348 e. The van der Waals surface area contributed by atoms with Gasteiger partial charge >= 0.3 is 0 Å². The molecule has 1 saturated carbocycles. The molecule has 2 atom stereocenters. The number of rotatable bonds is 6. The molecule has 7 heteroatoms. The van der Waals surface area contributed by atoms with Crippen molar-refractivity contribution in [1.29, 1.82) is 0 Å². The lowest BCUT2D eigenvalue weighted by Crippen LogP contribution is -2.28. The summed E-state index contributed by atoms with van der Waals surface area (Å²) in [6.07, 6.45) is 4.28. The summed E-state index contributed by atoms with van der Waals surface area (Å²) in [5.74, 6) is 0.320. The van der Waals surface area contributed by atoms with Gasteiger partial charge in [-0.1, -0.05) is 20.3 Å². The lowest BCUT2D eigenvalue weighted by Gasteiger charge is -2.08. The molecule has 1 heterocycles. The summed E-state index contributed by atoms with van der Waals surface area (Å²) < 4.78 is 24.4. The minimum atomic E-state index is -3.79. The molecule has 0 aromatic carbocycles. The summed E-state index contributed by atoms with van der Waals surface area (Å²) in [5.41, 5.74) is 0.359. The molecule has 6 nitrogen and oxygen atoms in total. The monoisotopic (exact) mass is 299 g/mol. The Morgan fingerprint density at radius 1 is 1.50 bits per heavy atom. The maximum atomic E-state index is 12.2. The van der Waals surface area contributed by atoms with Crippen molar-refractivity contribution in [2.75, 3.05) is 0 Å². The van der Waals surface area contributed by atoms with Crippen molar-refractivity contribution >= 4 is 15.9 Å². The van der Waals surface area contributed by atoms with Crippen LogP contribution in [0.1, 0.15) is 43.6 Å². The molecular weight excluding hydrogens is 278 g/mol. The Kier molecular flexibility index (Phi) is 4.19. The number of nitrogens with two attached hydrogens (primary N) is 1. The Labute approximate surface area is 119 Å². The topological polar surface area (TPSA) is 94.2 Å². The van der Waals surface area contributed by atoms with Crippen molar-refractivity contribution in [2.45, 2.75) is 50.6 Å². The van der Waals surface area contributed by atoms with E-state index in [1.54, 1.807) is 4.57 Å². The fraction of sp³-hybridized carbons (Fsp3) is 0.615. The van der Waals surface area contributed by atoms with Crippen LogP contribution in [-0.4, -0.2) is 24.9 Å². The van der Waals surface area contributed by atoms with Crippen molar-refractivity contribution in [3.05, 3.63) is 18.0 Å². The standard InChI is InChI=1S/C13H21N3O3S/c1-3-5-16-8-10(20(14,18)19)7-12(16)13(17)15-11-6-9(11)4-2/h7-9,11H,3-6H2,1-2H3,(H,15,17)(H2,14,18,19). The second kappa shape index (κ2) is 5.57. The van der Waals surface area contributed by atoms with Crippen LogP contribution < -0.4 is 10.5 Å². The highest BCUT2D eigenvalue weighted by molar-refractivity contribution is 7.89. The molecule has 1 aromatic rings. The molecule has 1 fully saturated rings. The van der Waals surface area contributed by atoms with Crippen LogP contribution in [0.15, 0.2) is 17.2 Å². The maximum absolute atomic E-state index is 12.2. The van der Waals surface area contributed by atoms with Crippen LogP contribution in [0, 0.1) is 5.92 Å². The van der Waals surface area contributed by atoms with Crippen molar-refractivity contribution in [2.24, 2.45) is 11.1 Å². The normalized spacial score (nSPS) is 21.8. The summed E-state index contributed by atoms with van der Waals surface area (Å²) in [7, 11) is -3.79. The van der Waals surface area contributed by atoms with Gasteiger partial charge in [-0.3, -0.25) is 4.79 Å². The lowest BCUT2D eigenvalue weighted by atomic mass is 10.3. The summed E-state index contributed by atoms with van der Waals surface area (Å²) in [6, 6.07) is 1.57. The second-order valence-corrected chi connectivity index (χ2v) is 6.84. The van der Waals surface area contributed by atoms with Crippen LogP contribution >= 0.6 is 0 Å². The molecule has 0 aliphatic heterocycles. The van der Waals surface area contributed by atoms with Gasteiger partial charge in [-0.15, -0.1) is 0 Å². The number of nitrogens with one attached hydrogen (secondary N) is 1. The van der Waals surface area contributed by atoms with Gasteiger partial charge < -0.3 is 9.88 Å². The zero-order valence-electron chi connectivity index (χ0n) is 11.8. The highest BCUT2D eigenvalue weighted by atomic mass is 32.2. The molecule has 112 valence electrons. The minimum absolute atomic E-state index is 0.0149. The van der Waals surface area contributed by atoms with Crippen molar-refractivity contribution in [3.63, 3.8) is 0 Å². The maximum Gasteiger partial charge on any atom is 0.268 e. The fourth-order valence-corrected chi connectivity index (χ4v) is 2.92. The van der Waals surface area contributed by atoms with Gasteiger partial charge in [0.05, 0.1) is 0 Å². The second-order valence-electron chi connectivity index (χ2n) is 5.28. The first-order valence-corrected chi connectivity index (χ1v) is 8.45. The van der Waals surface area contributed by atoms with Gasteiger partial charge in [0.15, 0.2) is 0 Å². The Morgan fingerprint density at radius 2 is 2.20 bits per heavy atom. The number of carbonyl (C=O) groups excluding carboxylic acids is 1. The zero-order chi connectivity index (χ0) is 14.9. The average molecular weight is 299 g/mol. The molecule has 0 spiro atoms. The molecule has 1 aliphatic rings. The first-order chi connectivity index (χ1) is 9.36. The van der Waals surface area contributed by atoms with E-state index in [9.17, 15) is 13.2 Å². The van der Waals surface area contributed by atoms with Crippen molar-refractivity contribution in [3.8, 4) is 0 Å². The summed E-state index contributed by atoms with van der Waals surface area (Å²) in [4.78, 5) is 12.2. The van der Waals surface area contributed by atoms with E-state index in [0.717, 1.165) is 19.3 Å². The third-order valence-corrected chi connectivity index (χ3v) is 4.54. The molecular formula is C13H21N3O3S. The van der Waals surface area contributed by atoms with E-state index < -0.39 is 10.0 Å². The smallest absolute Gasteiger partial charge is 0.268 e. The van der Waals surface area contributed by atoms with Crippen molar-refractivity contribution in [1.82, 2.24) is 9.88 Å². The molecule has 3 N–H and O–H groups in total. The molecule has 1 aromatic heterocycles. The van der Waals surface area contributed by atoms with E-state index in [1.807, 2.05) is 6.92 Å². The predicted octanol–water partition coefficient (Wildman–Crippen LogP) is 1.07. The first-order valence-electron chi connectivity index (χ1n) is 6.90. The number of carbonyl (C=O) groups is 1. The van der Waals surface area contributed by atoms with Crippen LogP contribution in [0.4, 0.5) is 0 Å². The Morgan fingerprint density at radius 3 is 2.70 bits per heavy atom. The van der Waals surface area contributed by atoms with Crippen LogP contribution in [0.2, 0.25) is 0 Å². The minimum Gasteiger partial charge on any atom is -0.348 e. The van der Waals surface area contributed by atoms with E-state index in [4.69, 9.17) is 5.14 Å². The first kappa shape index (κ1) is 15.1. The molecule has 0 saturated heterocycles. The van der Waals surface area contributed by atoms with E-state index in [2.05, 4.69) is 12.2 Å². The van der Waals surface area contributed by atoms with Crippen molar-refractivity contribution < 1.29 is 13.2 Å². The van der Waals surface area contributed by atoms with Gasteiger partial charge in [-0.25, -0.2) is 13.6 Å². The average Bonchev–Trinajstić information content (AvgIpc) is 2.95. The van der Waals surface area contributed by atoms with E-state index in [-0.39, 0.29) is 16.8 Å². The van der Waals surface area contributed by atoms with E-state index in [0.29, 0.717) is 18.2 Å². The van der Waals surface area contributed by atoms with E-state index >= 15 is 0 Å². The van der Waals surface area contributed by atoms with Gasteiger partial charge in [0, 0.05) is 18.8 Å². The van der Waals surface area contributed by atoms with Gasteiger partial charge in [0.1, 0.15) is 10.6 Å². The Hall–Kier alpha value is -1.34. The number of nitrogens with zero attached hydrogens (tertiary/aromatic N) is 1.